The van der Waals surface area contributed by atoms with Gasteiger partial charge < -0.3 is 9.64 Å². The van der Waals surface area contributed by atoms with E-state index >= 15 is 0 Å². The monoisotopic (exact) mass is 303 g/mol. The van der Waals surface area contributed by atoms with Gasteiger partial charge in [0.2, 0.25) is 11.8 Å². The van der Waals surface area contributed by atoms with Crippen molar-refractivity contribution in [3.8, 4) is 5.88 Å². The molecular weight excluding hydrogens is 278 g/mol. The summed E-state index contributed by atoms with van der Waals surface area (Å²) in [6.07, 6.45) is 12.3. The minimum absolute atomic E-state index is 0.0547. The Hall–Kier alpha value is -1.65. The van der Waals surface area contributed by atoms with Crippen LogP contribution in [0.1, 0.15) is 51.4 Å². The van der Waals surface area contributed by atoms with Gasteiger partial charge in [-0.3, -0.25) is 4.79 Å². The summed E-state index contributed by atoms with van der Waals surface area (Å²) in [5.74, 6) is 1.67. The number of hydrogen-bond acceptors (Lipinski definition) is 4. The van der Waals surface area contributed by atoms with E-state index in [0.717, 1.165) is 31.7 Å². The lowest BCUT2D eigenvalue weighted by molar-refractivity contribution is -0.134. The molecule has 1 aliphatic heterocycles. The van der Waals surface area contributed by atoms with Gasteiger partial charge in [-0.15, -0.1) is 0 Å². The van der Waals surface area contributed by atoms with Crippen LogP contribution in [0.5, 0.6) is 5.88 Å². The van der Waals surface area contributed by atoms with Gasteiger partial charge in [0.15, 0.2) is 0 Å². The molecule has 5 heteroatoms. The molecule has 2 aliphatic rings. The molecule has 22 heavy (non-hydrogen) atoms. The first-order valence-corrected chi connectivity index (χ1v) is 8.52. The second-order valence-electron chi connectivity index (χ2n) is 6.46. The normalized spacial score (nSPS) is 22.7. The van der Waals surface area contributed by atoms with Gasteiger partial charge in [0, 0.05) is 25.2 Å². The molecule has 0 aromatic carbocycles. The molecule has 1 aromatic rings. The van der Waals surface area contributed by atoms with Gasteiger partial charge >= 0.3 is 0 Å². The van der Waals surface area contributed by atoms with E-state index in [0.29, 0.717) is 24.8 Å². The molecule has 120 valence electrons. The lowest BCUT2D eigenvalue weighted by atomic mass is 10.0. The summed E-state index contributed by atoms with van der Waals surface area (Å²) in [6, 6.07) is 1.76. The van der Waals surface area contributed by atoms with Crippen LogP contribution in [-0.2, 0) is 4.79 Å². The molecule has 0 spiro atoms. The van der Waals surface area contributed by atoms with Crippen LogP contribution in [-0.4, -0.2) is 40.0 Å². The average Bonchev–Trinajstić information content (AvgIpc) is 3.07. The Balaban J connectivity index is 1.46. The van der Waals surface area contributed by atoms with Crippen LogP contribution in [0.4, 0.5) is 0 Å². The van der Waals surface area contributed by atoms with E-state index in [1.54, 1.807) is 12.3 Å². The Kier molecular flexibility index (Phi) is 5.24. The zero-order valence-corrected chi connectivity index (χ0v) is 13.1. The summed E-state index contributed by atoms with van der Waals surface area (Å²) in [7, 11) is 0. The number of aromatic nitrogens is 2. The minimum Gasteiger partial charge on any atom is -0.472 e. The van der Waals surface area contributed by atoms with Crippen molar-refractivity contribution in [3.63, 3.8) is 0 Å². The van der Waals surface area contributed by atoms with Gasteiger partial charge in [0.25, 0.3) is 0 Å². The van der Waals surface area contributed by atoms with Gasteiger partial charge in [-0.1, -0.05) is 25.7 Å². The molecule has 1 aliphatic carbocycles. The average molecular weight is 303 g/mol. The molecule has 1 aromatic heterocycles. The van der Waals surface area contributed by atoms with Crippen LogP contribution in [0, 0.1) is 5.92 Å². The number of carbonyl (C=O) groups excluding carboxylic acids is 1. The Labute approximate surface area is 132 Å². The fourth-order valence-corrected chi connectivity index (χ4v) is 3.56. The van der Waals surface area contributed by atoms with Crippen molar-refractivity contribution < 1.29 is 9.53 Å². The van der Waals surface area contributed by atoms with Crippen LogP contribution in [0.15, 0.2) is 18.6 Å². The van der Waals surface area contributed by atoms with Crippen LogP contribution in [0.25, 0.3) is 0 Å². The highest BCUT2D eigenvalue weighted by Gasteiger charge is 2.26. The quantitative estimate of drug-likeness (QED) is 0.839. The standard InChI is InChI=1S/C17H25N3O2/c21-17(8-7-14-4-1-2-5-14)20-11-3-6-15(12-20)22-16-9-10-18-13-19-16/h9-10,13-15H,1-8,11-12H2. The van der Waals surface area contributed by atoms with Gasteiger partial charge in [0.05, 0.1) is 6.54 Å². The van der Waals surface area contributed by atoms with E-state index in [1.165, 1.54) is 32.0 Å². The Morgan fingerprint density at radius 3 is 2.91 bits per heavy atom. The highest BCUT2D eigenvalue weighted by atomic mass is 16.5. The van der Waals surface area contributed by atoms with Crippen molar-refractivity contribution in [1.82, 2.24) is 14.9 Å². The number of ether oxygens (including phenoxy) is 1. The van der Waals surface area contributed by atoms with Gasteiger partial charge in [-0.05, 0) is 25.2 Å². The third kappa shape index (κ3) is 4.18. The number of rotatable bonds is 5. The SMILES string of the molecule is O=C(CCC1CCCC1)N1CCCC(Oc2ccncn2)C1. The second-order valence-corrected chi connectivity index (χ2v) is 6.46. The van der Waals surface area contributed by atoms with Crippen molar-refractivity contribution in [2.75, 3.05) is 13.1 Å². The number of likely N-dealkylation sites (tertiary alicyclic amines) is 1. The van der Waals surface area contributed by atoms with Crippen LogP contribution in [0.3, 0.4) is 0 Å². The molecule has 1 atom stereocenters. The van der Waals surface area contributed by atoms with Crippen molar-refractivity contribution in [2.45, 2.75) is 57.5 Å². The molecular formula is C17H25N3O2. The third-order valence-electron chi connectivity index (χ3n) is 4.81. The summed E-state index contributed by atoms with van der Waals surface area (Å²) >= 11 is 0. The molecule has 1 amide bonds. The Bertz CT molecular complexity index is 474. The molecule has 2 heterocycles. The summed E-state index contributed by atoms with van der Waals surface area (Å²) in [6.45, 7) is 1.56. The molecule has 5 nitrogen and oxygen atoms in total. The number of hydrogen-bond donors (Lipinski definition) is 0. The molecule has 0 bridgehead atoms. The maximum absolute atomic E-state index is 12.4. The molecule has 2 fully saturated rings. The highest BCUT2D eigenvalue weighted by Crippen LogP contribution is 2.29. The molecule has 1 saturated carbocycles. The number of carbonyl (C=O) groups is 1. The molecule has 1 saturated heterocycles. The number of amides is 1. The van der Waals surface area contributed by atoms with Crippen LogP contribution in [0.2, 0.25) is 0 Å². The zero-order valence-electron chi connectivity index (χ0n) is 13.1. The van der Waals surface area contributed by atoms with Crippen molar-refractivity contribution in [3.05, 3.63) is 18.6 Å². The molecule has 0 N–H and O–H groups in total. The van der Waals surface area contributed by atoms with Gasteiger partial charge in [-0.25, -0.2) is 9.97 Å². The first-order valence-electron chi connectivity index (χ1n) is 8.52. The van der Waals surface area contributed by atoms with Crippen molar-refractivity contribution in [1.29, 1.82) is 0 Å². The van der Waals surface area contributed by atoms with E-state index in [1.807, 2.05) is 4.90 Å². The first-order chi connectivity index (χ1) is 10.8. The largest absolute Gasteiger partial charge is 0.472 e. The van der Waals surface area contributed by atoms with Crippen LogP contribution >= 0.6 is 0 Å². The summed E-state index contributed by atoms with van der Waals surface area (Å²) in [5, 5.41) is 0. The fraction of sp³-hybridized carbons (Fsp3) is 0.706. The molecule has 3 rings (SSSR count). The lowest BCUT2D eigenvalue weighted by Gasteiger charge is -2.32. The van der Waals surface area contributed by atoms with E-state index in [9.17, 15) is 4.79 Å². The number of nitrogens with zero attached hydrogens (tertiary/aromatic N) is 3. The lowest BCUT2D eigenvalue weighted by Crippen LogP contribution is -2.44. The summed E-state index contributed by atoms with van der Waals surface area (Å²) in [4.78, 5) is 22.4. The van der Waals surface area contributed by atoms with E-state index in [2.05, 4.69) is 9.97 Å². The van der Waals surface area contributed by atoms with E-state index < -0.39 is 0 Å². The summed E-state index contributed by atoms with van der Waals surface area (Å²) in [5.41, 5.74) is 0. The Morgan fingerprint density at radius 1 is 1.27 bits per heavy atom. The topological polar surface area (TPSA) is 55.3 Å². The fourth-order valence-electron chi connectivity index (χ4n) is 3.56. The van der Waals surface area contributed by atoms with Gasteiger partial charge in [-0.2, -0.15) is 0 Å². The second kappa shape index (κ2) is 7.56. The zero-order chi connectivity index (χ0) is 15.2. The predicted molar refractivity (Wildman–Crippen MR) is 83.5 cm³/mol. The summed E-state index contributed by atoms with van der Waals surface area (Å²) < 4.78 is 5.87. The van der Waals surface area contributed by atoms with E-state index in [-0.39, 0.29) is 6.10 Å². The maximum atomic E-state index is 12.4. The van der Waals surface area contributed by atoms with Crippen LogP contribution < -0.4 is 4.74 Å². The third-order valence-corrected chi connectivity index (χ3v) is 4.81. The smallest absolute Gasteiger partial charge is 0.222 e. The minimum atomic E-state index is 0.0547. The van der Waals surface area contributed by atoms with Gasteiger partial charge in [0.1, 0.15) is 12.4 Å². The molecule has 1 unspecified atom stereocenters. The van der Waals surface area contributed by atoms with Crippen molar-refractivity contribution >= 4 is 5.91 Å². The Morgan fingerprint density at radius 2 is 2.14 bits per heavy atom. The van der Waals surface area contributed by atoms with E-state index in [4.69, 9.17) is 4.74 Å². The number of piperidine rings is 1. The van der Waals surface area contributed by atoms with Crippen molar-refractivity contribution in [2.24, 2.45) is 5.92 Å². The predicted octanol–water partition coefficient (Wildman–Crippen LogP) is 2.82. The molecule has 0 radical (unpaired) electrons. The maximum Gasteiger partial charge on any atom is 0.222 e. The first kappa shape index (κ1) is 15.3. The highest BCUT2D eigenvalue weighted by molar-refractivity contribution is 5.76.